The first-order chi connectivity index (χ1) is 12.2. The molecule has 0 saturated carbocycles. The van der Waals surface area contributed by atoms with Crippen molar-refractivity contribution >= 4 is 17.9 Å². The summed E-state index contributed by atoms with van der Waals surface area (Å²) in [5.74, 6) is -0.287. The molecule has 0 fully saturated rings. The van der Waals surface area contributed by atoms with Crippen molar-refractivity contribution in [2.45, 2.75) is 45.6 Å². The smallest absolute Gasteiger partial charge is 0.408 e. The van der Waals surface area contributed by atoms with Gasteiger partial charge in [0, 0.05) is 5.56 Å². The summed E-state index contributed by atoms with van der Waals surface area (Å²) >= 11 is 0. The summed E-state index contributed by atoms with van der Waals surface area (Å²) in [4.78, 5) is 21.5. The average molecular weight is 365 g/mol. The van der Waals surface area contributed by atoms with E-state index in [0.29, 0.717) is 0 Å². The number of nitrogens with two attached hydrogens (primary N) is 1. The van der Waals surface area contributed by atoms with Gasteiger partial charge < -0.3 is 25.7 Å². The highest BCUT2D eigenvalue weighted by Gasteiger charge is 2.17. The van der Waals surface area contributed by atoms with Gasteiger partial charge >= 0.3 is 12.1 Å². The van der Waals surface area contributed by atoms with Crippen LogP contribution in [0.2, 0.25) is 0 Å². The number of methoxy groups -OCH3 is 1. The predicted molar refractivity (Wildman–Crippen MR) is 97.2 cm³/mol. The number of rotatable bonds is 3. The molecule has 0 aliphatic heterocycles. The zero-order chi connectivity index (χ0) is 19.7. The molecular formula is C18H27N3O5. The zero-order valence-corrected chi connectivity index (χ0v) is 15.7. The van der Waals surface area contributed by atoms with Crippen molar-refractivity contribution < 1.29 is 24.3 Å². The lowest BCUT2D eigenvalue weighted by Gasteiger charge is -2.19. The number of nitrogens with one attached hydrogen (secondary N) is 1. The van der Waals surface area contributed by atoms with Gasteiger partial charge in [-0.05, 0) is 51.2 Å². The van der Waals surface area contributed by atoms with Crippen LogP contribution in [0.25, 0.3) is 0 Å². The summed E-state index contributed by atoms with van der Waals surface area (Å²) in [6.07, 6.45) is 2.70. The third-order valence-electron chi connectivity index (χ3n) is 3.53. The lowest BCUT2D eigenvalue weighted by atomic mass is 10.0. The molecule has 1 amide bonds. The van der Waals surface area contributed by atoms with Crippen LogP contribution in [0.5, 0.6) is 0 Å². The van der Waals surface area contributed by atoms with Crippen LogP contribution in [0.4, 0.5) is 4.79 Å². The number of nitrogens with zero attached hydrogens (tertiary/aromatic N) is 1. The molecular weight excluding hydrogens is 338 g/mol. The van der Waals surface area contributed by atoms with Gasteiger partial charge in [0.1, 0.15) is 12.1 Å². The largest absolute Gasteiger partial charge is 0.468 e. The molecule has 4 N–H and O–H groups in total. The van der Waals surface area contributed by atoms with E-state index in [1.807, 2.05) is 12.1 Å². The fraction of sp³-hybridized carbons (Fsp3) is 0.500. The molecule has 0 unspecified atom stereocenters. The fourth-order valence-corrected chi connectivity index (χ4v) is 2.44. The molecule has 0 atom stereocenters. The molecule has 1 aliphatic rings. The van der Waals surface area contributed by atoms with E-state index in [-0.39, 0.29) is 12.4 Å². The van der Waals surface area contributed by atoms with Crippen molar-refractivity contribution in [3.8, 4) is 0 Å². The molecule has 1 aromatic carbocycles. The number of alkyl carbamates (subject to hydrolysis) is 1. The molecule has 0 saturated heterocycles. The summed E-state index contributed by atoms with van der Waals surface area (Å²) in [6.45, 7) is 5.05. The van der Waals surface area contributed by atoms with E-state index >= 15 is 0 Å². The quantitative estimate of drug-likeness (QED) is 0.247. The SMILES string of the molecule is COC(=O)CNC(=O)OC(C)(C)C.N/C(=N/O)c1cccc2c1CCC2. The number of aryl methyl sites for hydroxylation is 1. The minimum atomic E-state index is -0.627. The van der Waals surface area contributed by atoms with Gasteiger partial charge in [-0.3, -0.25) is 4.79 Å². The van der Waals surface area contributed by atoms with Crippen molar-refractivity contribution in [3.05, 3.63) is 34.9 Å². The number of fused-ring (bicyclic) bond motifs is 1. The number of benzene rings is 1. The highest BCUT2D eigenvalue weighted by molar-refractivity contribution is 5.98. The Morgan fingerprint density at radius 3 is 2.58 bits per heavy atom. The molecule has 8 heteroatoms. The normalized spacial score (nSPS) is 13.2. The molecule has 1 aliphatic carbocycles. The lowest BCUT2D eigenvalue weighted by Crippen LogP contribution is -2.35. The van der Waals surface area contributed by atoms with Crippen molar-refractivity contribution in [3.63, 3.8) is 0 Å². The summed E-state index contributed by atoms with van der Waals surface area (Å²) in [6, 6.07) is 5.97. The molecule has 0 bridgehead atoms. The molecule has 0 aromatic heterocycles. The molecule has 144 valence electrons. The van der Waals surface area contributed by atoms with Crippen LogP contribution in [-0.4, -0.2) is 42.4 Å². The topological polar surface area (TPSA) is 123 Å². The van der Waals surface area contributed by atoms with Crippen LogP contribution in [0, 0.1) is 0 Å². The Morgan fingerprint density at radius 1 is 1.31 bits per heavy atom. The molecule has 2 rings (SSSR count). The van der Waals surface area contributed by atoms with Crippen LogP contribution in [0.3, 0.4) is 0 Å². The van der Waals surface area contributed by atoms with E-state index < -0.39 is 17.7 Å². The van der Waals surface area contributed by atoms with Crippen molar-refractivity contribution in [2.24, 2.45) is 10.9 Å². The van der Waals surface area contributed by atoms with Crippen molar-refractivity contribution in [2.75, 3.05) is 13.7 Å². The van der Waals surface area contributed by atoms with Gasteiger partial charge in [0.25, 0.3) is 0 Å². The Kier molecular flexibility index (Phi) is 7.89. The van der Waals surface area contributed by atoms with E-state index in [9.17, 15) is 9.59 Å². The minimum Gasteiger partial charge on any atom is -0.468 e. The molecule has 0 spiro atoms. The molecule has 26 heavy (non-hydrogen) atoms. The average Bonchev–Trinajstić information content (AvgIpc) is 3.06. The maximum atomic E-state index is 10.9. The van der Waals surface area contributed by atoms with Gasteiger partial charge in [0.15, 0.2) is 5.84 Å². The van der Waals surface area contributed by atoms with E-state index in [1.54, 1.807) is 20.8 Å². The summed E-state index contributed by atoms with van der Waals surface area (Å²) in [7, 11) is 1.25. The van der Waals surface area contributed by atoms with E-state index in [2.05, 4.69) is 21.3 Å². The third-order valence-corrected chi connectivity index (χ3v) is 3.53. The summed E-state index contributed by atoms with van der Waals surface area (Å²) in [5, 5.41) is 13.9. The van der Waals surface area contributed by atoms with Crippen LogP contribution >= 0.6 is 0 Å². The number of ether oxygens (including phenoxy) is 2. The Hall–Kier alpha value is -2.77. The van der Waals surface area contributed by atoms with Crippen molar-refractivity contribution in [1.29, 1.82) is 0 Å². The Labute approximate surface area is 153 Å². The highest BCUT2D eigenvalue weighted by Crippen LogP contribution is 2.24. The number of amides is 1. The number of hydrogen-bond acceptors (Lipinski definition) is 6. The van der Waals surface area contributed by atoms with Gasteiger partial charge in [-0.25, -0.2) is 4.79 Å². The summed E-state index contributed by atoms with van der Waals surface area (Å²) in [5.41, 5.74) is 8.48. The second kappa shape index (κ2) is 9.65. The van der Waals surface area contributed by atoms with E-state index in [4.69, 9.17) is 15.7 Å². The van der Waals surface area contributed by atoms with Crippen LogP contribution in [0.15, 0.2) is 23.4 Å². The van der Waals surface area contributed by atoms with Gasteiger partial charge in [-0.1, -0.05) is 23.4 Å². The monoisotopic (exact) mass is 365 g/mol. The van der Waals surface area contributed by atoms with Crippen LogP contribution in [-0.2, 0) is 27.1 Å². The number of carbonyl (C=O) groups is 2. The van der Waals surface area contributed by atoms with Gasteiger partial charge in [-0.15, -0.1) is 0 Å². The van der Waals surface area contributed by atoms with Gasteiger partial charge in [-0.2, -0.15) is 0 Å². The Bertz CT molecular complexity index is 665. The first-order valence-corrected chi connectivity index (χ1v) is 8.30. The second-order valence-corrected chi connectivity index (χ2v) is 6.71. The molecule has 0 radical (unpaired) electrons. The first-order valence-electron chi connectivity index (χ1n) is 8.30. The van der Waals surface area contributed by atoms with Gasteiger partial charge in [0.2, 0.25) is 0 Å². The van der Waals surface area contributed by atoms with E-state index in [1.165, 1.54) is 24.7 Å². The third kappa shape index (κ3) is 7.00. The number of hydrogen-bond donors (Lipinski definition) is 3. The maximum Gasteiger partial charge on any atom is 0.408 e. The number of oxime groups is 1. The zero-order valence-electron chi connectivity index (χ0n) is 15.7. The van der Waals surface area contributed by atoms with Gasteiger partial charge in [0.05, 0.1) is 7.11 Å². The number of amidine groups is 1. The van der Waals surface area contributed by atoms with Crippen LogP contribution in [0.1, 0.15) is 43.9 Å². The van der Waals surface area contributed by atoms with Crippen molar-refractivity contribution in [1.82, 2.24) is 5.32 Å². The number of esters is 1. The van der Waals surface area contributed by atoms with E-state index in [0.717, 1.165) is 18.4 Å². The summed E-state index contributed by atoms with van der Waals surface area (Å²) < 4.78 is 9.20. The highest BCUT2D eigenvalue weighted by atomic mass is 16.6. The molecule has 8 nitrogen and oxygen atoms in total. The Balaban J connectivity index is 0.000000260. The molecule has 0 heterocycles. The molecule has 1 aromatic rings. The maximum absolute atomic E-state index is 10.9. The fourth-order valence-electron chi connectivity index (χ4n) is 2.44. The minimum absolute atomic E-state index is 0.175. The lowest BCUT2D eigenvalue weighted by molar-refractivity contribution is -0.139. The second-order valence-electron chi connectivity index (χ2n) is 6.71. The number of carbonyl (C=O) groups excluding carboxylic acids is 2. The predicted octanol–water partition coefficient (Wildman–Crippen LogP) is 1.95. The Morgan fingerprint density at radius 2 is 2.00 bits per heavy atom. The first kappa shape index (κ1) is 21.3. The standard InChI is InChI=1S/C10H12N2O.C8H15NO4/c11-10(12-13)9-6-2-4-7-3-1-5-8(7)9;1-8(2,3)13-7(11)9-5-6(10)12-4/h2,4,6,13H,1,3,5H2,(H2,11,12);5H2,1-4H3,(H,9,11). The van der Waals surface area contributed by atoms with Crippen LogP contribution < -0.4 is 11.1 Å².